The summed E-state index contributed by atoms with van der Waals surface area (Å²) in [6.45, 7) is 5.04. The van der Waals surface area contributed by atoms with Crippen molar-refractivity contribution in [3.05, 3.63) is 0 Å². The molecular formula is C16H30N2O. The van der Waals surface area contributed by atoms with Crippen molar-refractivity contribution in [3.8, 4) is 0 Å². The van der Waals surface area contributed by atoms with Gasteiger partial charge in [-0.2, -0.15) is 0 Å². The van der Waals surface area contributed by atoms with E-state index in [1.165, 1.54) is 38.5 Å². The molecule has 1 heterocycles. The molecule has 0 aromatic rings. The van der Waals surface area contributed by atoms with Crippen LogP contribution in [0.15, 0.2) is 0 Å². The van der Waals surface area contributed by atoms with Crippen LogP contribution >= 0.6 is 0 Å². The van der Waals surface area contributed by atoms with E-state index < -0.39 is 0 Å². The van der Waals surface area contributed by atoms with Crippen LogP contribution in [0.4, 0.5) is 0 Å². The number of nitrogens with one attached hydrogen (secondary N) is 1. The van der Waals surface area contributed by atoms with Gasteiger partial charge in [0.25, 0.3) is 0 Å². The molecule has 1 aliphatic heterocycles. The van der Waals surface area contributed by atoms with E-state index in [0.29, 0.717) is 18.7 Å². The van der Waals surface area contributed by atoms with Crippen molar-refractivity contribution >= 4 is 0 Å². The van der Waals surface area contributed by atoms with Crippen molar-refractivity contribution in [1.29, 1.82) is 0 Å². The number of hydrogen-bond donors (Lipinski definition) is 2. The number of likely N-dealkylation sites (tertiary alicyclic amines) is 1. The van der Waals surface area contributed by atoms with Crippen LogP contribution < -0.4 is 5.32 Å². The zero-order chi connectivity index (χ0) is 13.5. The highest BCUT2D eigenvalue weighted by molar-refractivity contribution is 5.05. The highest BCUT2D eigenvalue weighted by Crippen LogP contribution is 2.40. The first kappa shape index (κ1) is 13.8. The van der Waals surface area contributed by atoms with Gasteiger partial charge in [0.15, 0.2) is 0 Å². The molecule has 0 aromatic heterocycles. The summed E-state index contributed by atoms with van der Waals surface area (Å²) in [4.78, 5) is 2.78. The molecule has 0 bridgehead atoms. The molecule has 0 spiro atoms. The zero-order valence-electron chi connectivity index (χ0n) is 12.6. The van der Waals surface area contributed by atoms with Gasteiger partial charge in [0, 0.05) is 29.7 Å². The summed E-state index contributed by atoms with van der Waals surface area (Å²) in [6.07, 6.45) is 10.2. The molecule has 3 nitrogen and oxygen atoms in total. The number of aliphatic hydroxyl groups excluding tert-OH is 1. The predicted molar refractivity (Wildman–Crippen MR) is 78.2 cm³/mol. The van der Waals surface area contributed by atoms with Crippen LogP contribution in [0.2, 0.25) is 0 Å². The molecule has 3 rings (SSSR count). The average Bonchev–Trinajstić information content (AvgIpc) is 2.99. The van der Waals surface area contributed by atoms with E-state index in [1.54, 1.807) is 0 Å². The van der Waals surface area contributed by atoms with Crippen LogP contribution in [0, 0.1) is 0 Å². The summed E-state index contributed by atoms with van der Waals surface area (Å²) in [7, 11) is 0. The van der Waals surface area contributed by atoms with E-state index in [2.05, 4.69) is 24.1 Å². The number of aliphatic hydroxyl groups is 1. The van der Waals surface area contributed by atoms with Crippen molar-refractivity contribution in [2.24, 2.45) is 0 Å². The van der Waals surface area contributed by atoms with Gasteiger partial charge in [-0.1, -0.05) is 6.92 Å². The minimum Gasteiger partial charge on any atom is -0.394 e. The molecule has 0 aromatic carbocycles. The van der Waals surface area contributed by atoms with Gasteiger partial charge in [-0.15, -0.1) is 0 Å². The lowest BCUT2D eigenvalue weighted by molar-refractivity contribution is 0.112. The number of rotatable bonds is 5. The topological polar surface area (TPSA) is 35.5 Å². The first-order chi connectivity index (χ1) is 9.17. The summed E-state index contributed by atoms with van der Waals surface area (Å²) in [5.41, 5.74) is 0.0342. The molecule has 3 heteroatoms. The molecule has 0 amide bonds. The summed E-state index contributed by atoms with van der Waals surface area (Å²) in [5.74, 6) is 0. The third-order valence-corrected chi connectivity index (χ3v) is 5.71. The Bertz CT molecular complexity index is 318. The van der Waals surface area contributed by atoms with Crippen LogP contribution in [-0.4, -0.2) is 46.3 Å². The zero-order valence-corrected chi connectivity index (χ0v) is 12.6. The summed E-state index contributed by atoms with van der Waals surface area (Å²) in [6, 6.07) is 2.92. The van der Waals surface area contributed by atoms with Crippen LogP contribution in [-0.2, 0) is 0 Å². The van der Waals surface area contributed by atoms with Gasteiger partial charge in [-0.25, -0.2) is 0 Å². The average molecular weight is 266 g/mol. The normalized spacial score (nSPS) is 44.1. The monoisotopic (exact) mass is 266 g/mol. The van der Waals surface area contributed by atoms with Crippen molar-refractivity contribution in [2.75, 3.05) is 6.61 Å². The second kappa shape index (κ2) is 5.34. The summed E-state index contributed by atoms with van der Waals surface area (Å²) in [5, 5.41) is 13.6. The molecule has 4 atom stereocenters. The SMILES string of the molecule is CCC1CCC(C)N1C1CCC(CO)(NC2CC2)C1. The second-order valence-corrected chi connectivity index (χ2v) is 7.19. The van der Waals surface area contributed by atoms with Crippen LogP contribution in [0.25, 0.3) is 0 Å². The molecule has 19 heavy (non-hydrogen) atoms. The van der Waals surface area contributed by atoms with Crippen LogP contribution in [0.5, 0.6) is 0 Å². The highest BCUT2D eigenvalue weighted by Gasteiger charge is 2.46. The molecule has 3 fully saturated rings. The third-order valence-electron chi connectivity index (χ3n) is 5.71. The number of nitrogens with zero attached hydrogens (tertiary/aromatic N) is 1. The van der Waals surface area contributed by atoms with Crippen LogP contribution in [0.1, 0.15) is 65.2 Å². The Morgan fingerprint density at radius 3 is 2.63 bits per heavy atom. The smallest absolute Gasteiger partial charge is 0.0614 e. The fraction of sp³-hybridized carbons (Fsp3) is 1.00. The minimum atomic E-state index is 0.0342. The Labute approximate surface area is 117 Å². The Hall–Kier alpha value is -0.120. The van der Waals surface area contributed by atoms with E-state index in [4.69, 9.17) is 0 Å². The molecule has 2 saturated carbocycles. The molecule has 2 N–H and O–H groups in total. The maximum atomic E-state index is 9.86. The molecular weight excluding hydrogens is 236 g/mol. The van der Waals surface area contributed by atoms with Gasteiger partial charge in [0.2, 0.25) is 0 Å². The molecule has 0 radical (unpaired) electrons. The lowest BCUT2D eigenvalue weighted by Gasteiger charge is -2.36. The van der Waals surface area contributed by atoms with Gasteiger partial charge in [-0.05, 0) is 58.3 Å². The quantitative estimate of drug-likeness (QED) is 0.801. The van der Waals surface area contributed by atoms with E-state index in [0.717, 1.165) is 24.9 Å². The Morgan fingerprint density at radius 1 is 1.21 bits per heavy atom. The van der Waals surface area contributed by atoms with Crippen molar-refractivity contribution in [1.82, 2.24) is 10.2 Å². The Kier molecular flexibility index (Phi) is 3.89. The number of hydrogen-bond acceptors (Lipinski definition) is 3. The molecule has 3 aliphatic rings. The first-order valence-electron chi connectivity index (χ1n) is 8.33. The Morgan fingerprint density at radius 2 is 2.00 bits per heavy atom. The Balaban J connectivity index is 1.66. The third kappa shape index (κ3) is 2.70. The van der Waals surface area contributed by atoms with E-state index in [9.17, 15) is 5.11 Å². The van der Waals surface area contributed by atoms with Gasteiger partial charge < -0.3 is 10.4 Å². The van der Waals surface area contributed by atoms with Crippen LogP contribution in [0.3, 0.4) is 0 Å². The van der Waals surface area contributed by atoms with Gasteiger partial charge in [-0.3, -0.25) is 4.90 Å². The van der Waals surface area contributed by atoms with Crippen molar-refractivity contribution in [3.63, 3.8) is 0 Å². The second-order valence-electron chi connectivity index (χ2n) is 7.19. The lowest BCUT2D eigenvalue weighted by Crippen LogP contribution is -2.50. The highest BCUT2D eigenvalue weighted by atomic mass is 16.3. The van der Waals surface area contributed by atoms with E-state index in [-0.39, 0.29) is 5.54 Å². The fourth-order valence-electron chi connectivity index (χ4n) is 4.50. The van der Waals surface area contributed by atoms with E-state index >= 15 is 0 Å². The standard InChI is InChI=1S/C16H30N2O/c1-3-14-7-4-12(2)18(14)15-8-9-16(10-15,11-19)17-13-5-6-13/h12-15,17,19H,3-11H2,1-2H3. The maximum absolute atomic E-state index is 9.86. The van der Waals surface area contributed by atoms with Gasteiger partial charge in [0.05, 0.1) is 6.61 Å². The molecule has 2 aliphatic carbocycles. The van der Waals surface area contributed by atoms with Crippen molar-refractivity contribution in [2.45, 2.75) is 94.9 Å². The van der Waals surface area contributed by atoms with Crippen molar-refractivity contribution < 1.29 is 5.11 Å². The molecule has 1 saturated heterocycles. The predicted octanol–water partition coefficient (Wildman–Crippen LogP) is 2.28. The summed E-state index contributed by atoms with van der Waals surface area (Å²) >= 11 is 0. The van der Waals surface area contributed by atoms with Gasteiger partial charge >= 0.3 is 0 Å². The van der Waals surface area contributed by atoms with Gasteiger partial charge in [0.1, 0.15) is 0 Å². The van der Waals surface area contributed by atoms with E-state index in [1.807, 2.05) is 0 Å². The summed E-state index contributed by atoms with van der Waals surface area (Å²) < 4.78 is 0. The molecule has 110 valence electrons. The minimum absolute atomic E-state index is 0.0342. The molecule has 4 unspecified atom stereocenters. The largest absolute Gasteiger partial charge is 0.394 e. The fourth-order valence-corrected chi connectivity index (χ4v) is 4.50. The maximum Gasteiger partial charge on any atom is 0.0614 e. The first-order valence-corrected chi connectivity index (χ1v) is 8.33. The lowest BCUT2D eigenvalue weighted by atomic mass is 9.97.